The Labute approximate surface area is 90.0 Å². The highest BCUT2D eigenvalue weighted by Gasteiger charge is 2.04. The Bertz CT molecular complexity index is 330. The maximum absolute atomic E-state index is 11.4. The van der Waals surface area contributed by atoms with Crippen molar-refractivity contribution in [1.82, 2.24) is 4.90 Å². The lowest BCUT2D eigenvalue weighted by atomic mass is 10.3. The van der Waals surface area contributed by atoms with E-state index in [-0.39, 0.29) is 5.78 Å². The van der Waals surface area contributed by atoms with Crippen molar-refractivity contribution >= 4 is 33.0 Å². The summed E-state index contributed by atoms with van der Waals surface area (Å²) in [4.78, 5) is 14.0. The maximum atomic E-state index is 11.4. The molecule has 1 aromatic rings. The first kappa shape index (κ1) is 10.5. The molecule has 1 heterocycles. The third-order valence-electron chi connectivity index (χ3n) is 1.34. The van der Waals surface area contributed by atoms with Crippen molar-refractivity contribution in [3.63, 3.8) is 0 Å². The molecule has 0 radical (unpaired) electrons. The second kappa shape index (κ2) is 4.58. The minimum atomic E-state index is 0.0457. The average molecular weight is 260 g/mol. The van der Waals surface area contributed by atoms with Crippen LogP contribution in [0.25, 0.3) is 0 Å². The van der Waals surface area contributed by atoms with Crippen molar-refractivity contribution in [1.29, 1.82) is 0 Å². The number of rotatable bonds is 3. The third kappa shape index (κ3) is 3.32. The molecule has 4 heteroatoms. The van der Waals surface area contributed by atoms with E-state index in [1.807, 2.05) is 31.1 Å². The van der Waals surface area contributed by atoms with E-state index in [0.29, 0.717) is 0 Å². The van der Waals surface area contributed by atoms with Gasteiger partial charge in [0.25, 0.3) is 0 Å². The SMILES string of the molecule is CN(C)/C=C/C(=O)c1ccc(Br)s1. The first-order chi connectivity index (χ1) is 6.09. The molecule has 0 unspecified atom stereocenters. The smallest absolute Gasteiger partial charge is 0.197 e. The van der Waals surface area contributed by atoms with Gasteiger partial charge in [-0.25, -0.2) is 0 Å². The van der Waals surface area contributed by atoms with Gasteiger partial charge in [0.15, 0.2) is 5.78 Å². The van der Waals surface area contributed by atoms with Crippen LogP contribution in [0.5, 0.6) is 0 Å². The van der Waals surface area contributed by atoms with E-state index in [2.05, 4.69) is 15.9 Å². The summed E-state index contributed by atoms with van der Waals surface area (Å²) in [6.07, 6.45) is 3.31. The van der Waals surface area contributed by atoms with Gasteiger partial charge in [-0.3, -0.25) is 4.79 Å². The fourth-order valence-electron chi connectivity index (χ4n) is 0.746. The molecule has 70 valence electrons. The standard InChI is InChI=1S/C9H10BrNOS/c1-11(2)6-5-7(12)8-3-4-9(10)13-8/h3-6H,1-2H3/b6-5+. The number of carbonyl (C=O) groups is 1. The molecule has 0 amide bonds. The first-order valence-corrected chi connectivity index (χ1v) is 5.35. The van der Waals surface area contributed by atoms with Gasteiger partial charge in [0.05, 0.1) is 8.66 Å². The molecule has 13 heavy (non-hydrogen) atoms. The Morgan fingerprint density at radius 2 is 2.23 bits per heavy atom. The number of hydrogen-bond acceptors (Lipinski definition) is 3. The molecule has 0 aliphatic heterocycles. The van der Waals surface area contributed by atoms with E-state index in [0.717, 1.165) is 8.66 Å². The molecule has 1 rings (SSSR count). The molecule has 0 atom stereocenters. The molecule has 0 fully saturated rings. The molecule has 0 aliphatic carbocycles. The van der Waals surface area contributed by atoms with Crippen LogP contribution in [-0.2, 0) is 0 Å². The highest BCUT2D eigenvalue weighted by Crippen LogP contribution is 2.22. The van der Waals surface area contributed by atoms with Gasteiger partial charge in [0, 0.05) is 26.4 Å². The molecular weight excluding hydrogens is 250 g/mol. The van der Waals surface area contributed by atoms with Gasteiger partial charge in [0.2, 0.25) is 0 Å². The van der Waals surface area contributed by atoms with Crippen molar-refractivity contribution in [3.05, 3.63) is 33.1 Å². The molecule has 0 N–H and O–H groups in total. The summed E-state index contributed by atoms with van der Waals surface area (Å²) in [5.74, 6) is 0.0457. The van der Waals surface area contributed by atoms with E-state index in [9.17, 15) is 4.79 Å². The lowest BCUT2D eigenvalue weighted by Crippen LogP contribution is -2.02. The van der Waals surface area contributed by atoms with Crippen LogP contribution in [0.3, 0.4) is 0 Å². The van der Waals surface area contributed by atoms with Crippen LogP contribution in [0.4, 0.5) is 0 Å². The van der Waals surface area contributed by atoms with Gasteiger partial charge in [-0.15, -0.1) is 11.3 Å². The van der Waals surface area contributed by atoms with Crippen LogP contribution in [0.15, 0.2) is 28.2 Å². The first-order valence-electron chi connectivity index (χ1n) is 3.74. The number of hydrogen-bond donors (Lipinski definition) is 0. The van der Waals surface area contributed by atoms with Gasteiger partial charge in [0.1, 0.15) is 0 Å². The van der Waals surface area contributed by atoms with E-state index < -0.39 is 0 Å². The third-order valence-corrected chi connectivity index (χ3v) is 2.98. The van der Waals surface area contributed by atoms with Gasteiger partial charge in [-0.2, -0.15) is 0 Å². The fraction of sp³-hybridized carbons (Fsp3) is 0.222. The lowest BCUT2D eigenvalue weighted by molar-refractivity contribution is 0.104. The van der Waals surface area contributed by atoms with E-state index >= 15 is 0 Å². The van der Waals surface area contributed by atoms with Gasteiger partial charge >= 0.3 is 0 Å². The molecule has 0 aliphatic rings. The Kier molecular flexibility index (Phi) is 3.69. The molecule has 0 aromatic carbocycles. The molecular formula is C9H10BrNOS. The summed E-state index contributed by atoms with van der Waals surface area (Å²) in [5.41, 5.74) is 0. The Morgan fingerprint density at radius 1 is 1.54 bits per heavy atom. The zero-order valence-corrected chi connectivity index (χ0v) is 9.85. The minimum absolute atomic E-state index is 0.0457. The molecule has 2 nitrogen and oxygen atoms in total. The van der Waals surface area contributed by atoms with Crippen molar-refractivity contribution in [2.75, 3.05) is 14.1 Å². The average Bonchev–Trinajstić information content (AvgIpc) is 2.47. The van der Waals surface area contributed by atoms with Gasteiger partial charge in [-0.05, 0) is 28.1 Å². The lowest BCUT2D eigenvalue weighted by Gasteiger charge is -2.01. The van der Waals surface area contributed by atoms with Crippen molar-refractivity contribution < 1.29 is 4.79 Å². The van der Waals surface area contributed by atoms with E-state index in [1.54, 1.807) is 12.3 Å². The van der Waals surface area contributed by atoms with Gasteiger partial charge in [-0.1, -0.05) is 0 Å². The quantitative estimate of drug-likeness (QED) is 0.615. The van der Waals surface area contributed by atoms with Crippen LogP contribution < -0.4 is 0 Å². The number of carbonyl (C=O) groups excluding carboxylic acids is 1. The molecule has 0 spiro atoms. The molecule has 0 saturated heterocycles. The summed E-state index contributed by atoms with van der Waals surface area (Å²) >= 11 is 4.76. The summed E-state index contributed by atoms with van der Waals surface area (Å²) in [6.45, 7) is 0. The Balaban J connectivity index is 2.69. The van der Waals surface area contributed by atoms with Crippen LogP contribution >= 0.6 is 27.3 Å². The number of allylic oxidation sites excluding steroid dienone is 1. The fourth-order valence-corrected chi connectivity index (χ4v) is 2.05. The normalized spacial score (nSPS) is 10.7. The predicted octanol–water partition coefficient (Wildman–Crippen LogP) is 2.77. The number of nitrogens with zero attached hydrogens (tertiary/aromatic N) is 1. The Hall–Kier alpha value is -0.610. The molecule has 1 aromatic heterocycles. The summed E-state index contributed by atoms with van der Waals surface area (Å²) in [5, 5.41) is 0. The van der Waals surface area contributed by atoms with Crippen LogP contribution in [-0.4, -0.2) is 24.8 Å². The number of thiophene rings is 1. The van der Waals surface area contributed by atoms with Gasteiger partial charge < -0.3 is 4.90 Å². The zero-order chi connectivity index (χ0) is 9.84. The maximum Gasteiger partial charge on any atom is 0.197 e. The Morgan fingerprint density at radius 3 is 2.69 bits per heavy atom. The molecule has 0 bridgehead atoms. The summed E-state index contributed by atoms with van der Waals surface area (Å²) in [6, 6.07) is 3.69. The minimum Gasteiger partial charge on any atom is -0.383 e. The summed E-state index contributed by atoms with van der Waals surface area (Å²) < 4.78 is 0.981. The predicted molar refractivity (Wildman–Crippen MR) is 59.2 cm³/mol. The highest BCUT2D eigenvalue weighted by atomic mass is 79.9. The van der Waals surface area contributed by atoms with Crippen LogP contribution in [0.2, 0.25) is 0 Å². The highest BCUT2D eigenvalue weighted by molar-refractivity contribution is 9.11. The molecule has 0 saturated carbocycles. The van der Waals surface area contributed by atoms with Crippen LogP contribution in [0, 0.1) is 0 Å². The van der Waals surface area contributed by atoms with Crippen molar-refractivity contribution in [2.24, 2.45) is 0 Å². The topological polar surface area (TPSA) is 20.3 Å². The number of halogens is 1. The second-order valence-electron chi connectivity index (χ2n) is 2.75. The zero-order valence-electron chi connectivity index (χ0n) is 7.45. The van der Waals surface area contributed by atoms with Crippen molar-refractivity contribution in [3.8, 4) is 0 Å². The van der Waals surface area contributed by atoms with E-state index in [4.69, 9.17) is 0 Å². The summed E-state index contributed by atoms with van der Waals surface area (Å²) in [7, 11) is 3.77. The van der Waals surface area contributed by atoms with E-state index in [1.165, 1.54) is 11.3 Å². The second-order valence-corrected chi connectivity index (χ2v) is 5.21. The van der Waals surface area contributed by atoms with Crippen LogP contribution in [0.1, 0.15) is 9.67 Å². The monoisotopic (exact) mass is 259 g/mol. The van der Waals surface area contributed by atoms with Crippen molar-refractivity contribution in [2.45, 2.75) is 0 Å². The largest absolute Gasteiger partial charge is 0.383 e. The number of ketones is 1.